The predicted molar refractivity (Wildman–Crippen MR) is 50.5 cm³/mol. The van der Waals surface area contributed by atoms with Crippen LogP contribution in [0.3, 0.4) is 0 Å². The van der Waals surface area contributed by atoms with Gasteiger partial charge < -0.3 is 4.74 Å². The van der Waals surface area contributed by atoms with Crippen LogP contribution < -0.4 is 4.74 Å². The van der Waals surface area contributed by atoms with Crippen LogP contribution in [0.5, 0.6) is 5.75 Å². The second-order valence-corrected chi connectivity index (χ2v) is 3.83. The topological polar surface area (TPSA) is 39.2 Å². The van der Waals surface area contributed by atoms with Crippen LogP contribution in [0.15, 0.2) is 17.3 Å². The quantitative estimate of drug-likeness (QED) is 0.684. The standard InChI is InChI=1S/C9H9NO2S/c1-12-6-4-7-8(11)2-3-13-9(7)10-5-6/h4-5H,2-3H2,1H3. The van der Waals surface area contributed by atoms with Crippen LogP contribution in [0.1, 0.15) is 16.8 Å². The number of hydrogen-bond acceptors (Lipinski definition) is 4. The van der Waals surface area contributed by atoms with Gasteiger partial charge in [0.1, 0.15) is 10.8 Å². The van der Waals surface area contributed by atoms with Gasteiger partial charge in [-0.05, 0) is 6.07 Å². The summed E-state index contributed by atoms with van der Waals surface area (Å²) in [6.07, 6.45) is 2.25. The minimum absolute atomic E-state index is 0.167. The summed E-state index contributed by atoms with van der Waals surface area (Å²) in [5.74, 6) is 1.65. The minimum atomic E-state index is 0.167. The van der Waals surface area contributed by atoms with Crippen molar-refractivity contribution in [1.82, 2.24) is 4.98 Å². The molecule has 0 aliphatic carbocycles. The lowest BCUT2D eigenvalue weighted by Crippen LogP contribution is -2.09. The molecule has 68 valence electrons. The Hall–Kier alpha value is -1.03. The molecule has 0 saturated heterocycles. The van der Waals surface area contributed by atoms with E-state index in [4.69, 9.17) is 4.74 Å². The lowest BCUT2D eigenvalue weighted by molar-refractivity contribution is 0.0983. The van der Waals surface area contributed by atoms with Crippen molar-refractivity contribution in [2.45, 2.75) is 11.4 Å². The van der Waals surface area contributed by atoms with Crippen LogP contribution in [-0.2, 0) is 0 Å². The van der Waals surface area contributed by atoms with E-state index in [0.717, 1.165) is 10.8 Å². The molecular weight excluding hydrogens is 186 g/mol. The number of hydrogen-bond donors (Lipinski definition) is 0. The molecule has 2 heterocycles. The number of fused-ring (bicyclic) bond motifs is 1. The van der Waals surface area contributed by atoms with Crippen molar-refractivity contribution in [3.63, 3.8) is 0 Å². The van der Waals surface area contributed by atoms with E-state index in [-0.39, 0.29) is 5.78 Å². The van der Waals surface area contributed by atoms with Gasteiger partial charge in [-0.2, -0.15) is 0 Å². The normalized spacial score (nSPS) is 15.3. The molecule has 0 aromatic carbocycles. The van der Waals surface area contributed by atoms with Crippen molar-refractivity contribution in [2.24, 2.45) is 0 Å². The van der Waals surface area contributed by atoms with Crippen molar-refractivity contribution in [3.05, 3.63) is 17.8 Å². The summed E-state index contributed by atoms with van der Waals surface area (Å²) < 4.78 is 5.00. The number of Topliss-reactive ketones (excluding diaryl/α,β-unsaturated/α-hetero) is 1. The number of nitrogens with zero attached hydrogens (tertiary/aromatic N) is 1. The number of ether oxygens (including phenoxy) is 1. The lowest BCUT2D eigenvalue weighted by atomic mass is 10.1. The van der Waals surface area contributed by atoms with Gasteiger partial charge in [0, 0.05) is 12.2 Å². The third-order valence-corrected chi connectivity index (χ3v) is 2.94. The van der Waals surface area contributed by atoms with E-state index in [1.807, 2.05) is 0 Å². The summed E-state index contributed by atoms with van der Waals surface area (Å²) in [5.41, 5.74) is 0.704. The number of pyridine rings is 1. The summed E-state index contributed by atoms with van der Waals surface area (Å²) in [7, 11) is 1.57. The minimum Gasteiger partial charge on any atom is -0.495 e. The Morgan fingerprint density at radius 2 is 2.46 bits per heavy atom. The highest BCUT2D eigenvalue weighted by Crippen LogP contribution is 2.29. The zero-order chi connectivity index (χ0) is 9.26. The van der Waals surface area contributed by atoms with E-state index in [2.05, 4.69) is 4.98 Å². The van der Waals surface area contributed by atoms with Gasteiger partial charge in [0.15, 0.2) is 5.78 Å². The number of ketones is 1. The number of thioether (sulfide) groups is 1. The maximum Gasteiger partial charge on any atom is 0.166 e. The largest absolute Gasteiger partial charge is 0.495 e. The molecule has 4 heteroatoms. The first-order valence-electron chi connectivity index (χ1n) is 4.01. The fourth-order valence-corrected chi connectivity index (χ4v) is 2.17. The molecule has 13 heavy (non-hydrogen) atoms. The molecule has 1 aromatic heterocycles. The number of rotatable bonds is 1. The zero-order valence-electron chi connectivity index (χ0n) is 7.24. The molecule has 0 atom stereocenters. The lowest BCUT2D eigenvalue weighted by Gasteiger charge is -2.13. The molecule has 0 fully saturated rings. The summed E-state index contributed by atoms with van der Waals surface area (Å²) in [6, 6.07) is 1.76. The zero-order valence-corrected chi connectivity index (χ0v) is 8.06. The van der Waals surface area contributed by atoms with E-state index in [1.54, 1.807) is 31.1 Å². The first kappa shape index (κ1) is 8.56. The van der Waals surface area contributed by atoms with Gasteiger partial charge in [0.25, 0.3) is 0 Å². The highest BCUT2D eigenvalue weighted by molar-refractivity contribution is 7.99. The van der Waals surface area contributed by atoms with Gasteiger partial charge in [-0.1, -0.05) is 0 Å². The Morgan fingerprint density at radius 1 is 1.62 bits per heavy atom. The Morgan fingerprint density at radius 3 is 3.23 bits per heavy atom. The second kappa shape index (κ2) is 3.38. The van der Waals surface area contributed by atoms with Crippen LogP contribution in [0.4, 0.5) is 0 Å². The Kier molecular flexibility index (Phi) is 2.22. The number of aromatic nitrogens is 1. The molecule has 0 amide bonds. The highest BCUT2D eigenvalue weighted by Gasteiger charge is 2.19. The molecule has 1 aliphatic heterocycles. The Balaban J connectivity index is 2.47. The maximum absolute atomic E-state index is 11.4. The monoisotopic (exact) mass is 195 g/mol. The van der Waals surface area contributed by atoms with Crippen molar-refractivity contribution in [3.8, 4) is 5.75 Å². The van der Waals surface area contributed by atoms with Crippen molar-refractivity contribution >= 4 is 17.5 Å². The smallest absolute Gasteiger partial charge is 0.166 e. The van der Waals surface area contributed by atoms with Gasteiger partial charge in [0.2, 0.25) is 0 Å². The molecule has 0 saturated carbocycles. The SMILES string of the molecule is COc1cnc2c(c1)C(=O)CCS2. The second-order valence-electron chi connectivity index (χ2n) is 2.75. The molecule has 0 radical (unpaired) electrons. The molecule has 0 spiro atoms. The number of carbonyl (C=O) groups is 1. The Labute approximate surface area is 80.5 Å². The highest BCUT2D eigenvalue weighted by atomic mass is 32.2. The third-order valence-electron chi connectivity index (χ3n) is 1.93. The van der Waals surface area contributed by atoms with Crippen molar-refractivity contribution in [2.75, 3.05) is 12.9 Å². The molecule has 2 rings (SSSR count). The van der Waals surface area contributed by atoms with E-state index in [9.17, 15) is 4.79 Å². The van der Waals surface area contributed by atoms with Crippen LogP contribution in [0, 0.1) is 0 Å². The first-order chi connectivity index (χ1) is 6.31. The van der Waals surface area contributed by atoms with Crippen LogP contribution in [0.25, 0.3) is 0 Å². The van der Waals surface area contributed by atoms with Crippen molar-refractivity contribution < 1.29 is 9.53 Å². The summed E-state index contributed by atoms with van der Waals surface area (Å²) >= 11 is 1.62. The summed E-state index contributed by atoms with van der Waals surface area (Å²) in [4.78, 5) is 15.6. The predicted octanol–water partition coefficient (Wildman–Crippen LogP) is 1.77. The van der Waals surface area contributed by atoms with Gasteiger partial charge in [0.05, 0.1) is 18.9 Å². The molecule has 3 nitrogen and oxygen atoms in total. The van der Waals surface area contributed by atoms with E-state index in [0.29, 0.717) is 17.7 Å². The van der Waals surface area contributed by atoms with Gasteiger partial charge in [-0.3, -0.25) is 4.79 Å². The van der Waals surface area contributed by atoms with Gasteiger partial charge in [-0.15, -0.1) is 11.8 Å². The fraction of sp³-hybridized carbons (Fsp3) is 0.333. The average Bonchev–Trinajstić information content (AvgIpc) is 2.18. The van der Waals surface area contributed by atoms with Crippen LogP contribution >= 0.6 is 11.8 Å². The third kappa shape index (κ3) is 1.54. The van der Waals surface area contributed by atoms with Crippen LogP contribution in [-0.4, -0.2) is 23.6 Å². The maximum atomic E-state index is 11.4. The van der Waals surface area contributed by atoms with Crippen LogP contribution in [0.2, 0.25) is 0 Å². The summed E-state index contributed by atoms with van der Waals surface area (Å²) in [6.45, 7) is 0. The molecule has 0 N–H and O–H groups in total. The first-order valence-corrected chi connectivity index (χ1v) is 5.00. The number of methoxy groups -OCH3 is 1. The Bertz CT molecular complexity index is 351. The van der Waals surface area contributed by atoms with Crippen molar-refractivity contribution in [1.29, 1.82) is 0 Å². The molecule has 1 aromatic rings. The fourth-order valence-electron chi connectivity index (χ4n) is 1.23. The summed E-state index contributed by atoms with van der Waals surface area (Å²) in [5, 5.41) is 0.831. The molecule has 0 bridgehead atoms. The van der Waals surface area contributed by atoms with E-state index < -0.39 is 0 Å². The molecular formula is C9H9NO2S. The average molecular weight is 195 g/mol. The molecule has 0 unspecified atom stereocenters. The van der Waals surface area contributed by atoms with Gasteiger partial charge in [-0.25, -0.2) is 4.98 Å². The van der Waals surface area contributed by atoms with E-state index in [1.165, 1.54) is 0 Å². The van der Waals surface area contributed by atoms with E-state index >= 15 is 0 Å². The number of carbonyl (C=O) groups excluding carboxylic acids is 1. The molecule has 1 aliphatic rings. The van der Waals surface area contributed by atoms with Gasteiger partial charge >= 0.3 is 0 Å².